The van der Waals surface area contributed by atoms with Crippen molar-refractivity contribution in [3.05, 3.63) is 65.4 Å². The number of nitrogens with zero attached hydrogens (tertiary/aromatic N) is 2. The third-order valence-electron chi connectivity index (χ3n) is 4.57. The second-order valence-electron chi connectivity index (χ2n) is 6.21. The molecule has 3 heteroatoms. The first-order valence-corrected chi connectivity index (χ1v) is 7.91. The molecule has 0 aliphatic heterocycles. The van der Waals surface area contributed by atoms with Crippen LogP contribution in [0.4, 0.5) is 0 Å². The van der Waals surface area contributed by atoms with E-state index in [9.17, 15) is 5.26 Å². The molecule has 0 saturated carbocycles. The summed E-state index contributed by atoms with van der Waals surface area (Å²) >= 11 is 0. The van der Waals surface area contributed by atoms with E-state index in [4.69, 9.17) is 4.42 Å². The van der Waals surface area contributed by atoms with Crippen molar-refractivity contribution in [2.45, 2.75) is 13.8 Å². The molecule has 0 bridgehead atoms. The molecule has 0 atom stereocenters. The predicted molar refractivity (Wildman–Crippen MR) is 94.5 cm³/mol. The minimum atomic E-state index is 0.660. The standard InChI is InChI=1S/C21H17N2O/c1-13-7-8-18-20(19(13)17-6-4-5-9-23(17)3)16-11-15(12-22)10-14(2)21(16)24-18/h4-11H,1-3H3/q+1. The van der Waals surface area contributed by atoms with E-state index in [2.05, 4.69) is 29.7 Å². The van der Waals surface area contributed by atoms with Crippen molar-refractivity contribution >= 4 is 21.9 Å². The van der Waals surface area contributed by atoms with Gasteiger partial charge in [0, 0.05) is 22.9 Å². The van der Waals surface area contributed by atoms with Crippen molar-refractivity contribution in [3.8, 4) is 17.3 Å². The molecule has 0 aliphatic carbocycles. The molecule has 2 aromatic carbocycles. The summed E-state index contributed by atoms with van der Waals surface area (Å²) in [4.78, 5) is 0. The van der Waals surface area contributed by atoms with Gasteiger partial charge >= 0.3 is 0 Å². The van der Waals surface area contributed by atoms with Crippen molar-refractivity contribution in [2.75, 3.05) is 0 Å². The van der Waals surface area contributed by atoms with Crippen LogP contribution in [-0.4, -0.2) is 0 Å². The number of hydrogen-bond donors (Lipinski definition) is 0. The second-order valence-corrected chi connectivity index (χ2v) is 6.21. The highest BCUT2D eigenvalue weighted by Gasteiger charge is 2.21. The van der Waals surface area contributed by atoms with Crippen LogP contribution in [0, 0.1) is 25.2 Å². The van der Waals surface area contributed by atoms with E-state index in [0.717, 1.165) is 38.8 Å². The number of pyridine rings is 1. The van der Waals surface area contributed by atoms with E-state index < -0.39 is 0 Å². The molecule has 2 heterocycles. The maximum Gasteiger partial charge on any atom is 0.213 e. The normalized spacial score (nSPS) is 11.1. The van der Waals surface area contributed by atoms with E-state index in [1.807, 2.05) is 50.5 Å². The number of nitriles is 1. The van der Waals surface area contributed by atoms with Crippen molar-refractivity contribution < 1.29 is 8.98 Å². The molecular weight excluding hydrogens is 296 g/mol. The summed E-state index contributed by atoms with van der Waals surface area (Å²) in [5.41, 5.74) is 6.83. The van der Waals surface area contributed by atoms with Crippen LogP contribution in [0.3, 0.4) is 0 Å². The highest BCUT2D eigenvalue weighted by atomic mass is 16.3. The molecule has 0 N–H and O–H groups in total. The van der Waals surface area contributed by atoms with Crippen LogP contribution in [0.1, 0.15) is 16.7 Å². The average molecular weight is 313 g/mol. The van der Waals surface area contributed by atoms with Crippen LogP contribution in [0.15, 0.2) is 53.1 Å². The topological polar surface area (TPSA) is 40.8 Å². The quantitative estimate of drug-likeness (QED) is 0.483. The Hall–Kier alpha value is -3.12. The van der Waals surface area contributed by atoms with Gasteiger partial charge in [0.2, 0.25) is 5.69 Å². The fourth-order valence-electron chi connectivity index (χ4n) is 3.42. The van der Waals surface area contributed by atoms with Crippen LogP contribution in [-0.2, 0) is 7.05 Å². The minimum Gasteiger partial charge on any atom is -0.456 e. The zero-order valence-electron chi connectivity index (χ0n) is 13.9. The molecule has 0 unspecified atom stereocenters. The first-order chi connectivity index (χ1) is 11.6. The summed E-state index contributed by atoms with van der Waals surface area (Å²) in [7, 11) is 2.04. The van der Waals surface area contributed by atoms with E-state index in [0.29, 0.717) is 5.56 Å². The van der Waals surface area contributed by atoms with Gasteiger partial charge in [-0.25, -0.2) is 4.57 Å². The molecule has 24 heavy (non-hydrogen) atoms. The molecule has 116 valence electrons. The van der Waals surface area contributed by atoms with Gasteiger partial charge < -0.3 is 4.42 Å². The summed E-state index contributed by atoms with van der Waals surface area (Å²) in [6, 6.07) is 16.3. The lowest BCUT2D eigenvalue weighted by atomic mass is 9.96. The lowest BCUT2D eigenvalue weighted by molar-refractivity contribution is -0.660. The zero-order chi connectivity index (χ0) is 16.8. The van der Waals surface area contributed by atoms with Crippen molar-refractivity contribution in [3.63, 3.8) is 0 Å². The third-order valence-corrected chi connectivity index (χ3v) is 4.57. The first-order valence-electron chi connectivity index (χ1n) is 7.91. The Morgan fingerprint density at radius 2 is 1.88 bits per heavy atom. The maximum absolute atomic E-state index is 9.33. The Balaban J connectivity index is 2.23. The van der Waals surface area contributed by atoms with E-state index >= 15 is 0 Å². The van der Waals surface area contributed by atoms with Gasteiger partial charge in [-0.1, -0.05) is 6.07 Å². The van der Waals surface area contributed by atoms with Crippen molar-refractivity contribution in [2.24, 2.45) is 7.05 Å². The number of benzene rings is 2. The average Bonchev–Trinajstić information content (AvgIpc) is 2.95. The van der Waals surface area contributed by atoms with Crippen LogP contribution < -0.4 is 4.57 Å². The summed E-state index contributed by atoms with van der Waals surface area (Å²) in [6.45, 7) is 4.10. The van der Waals surface area contributed by atoms with E-state index in [1.165, 1.54) is 5.56 Å². The molecular formula is C21H17N2O+. The first kappa shape index (κ1) is 14.5. The van der Waals surface area contributed by atoms with Gasteiger partial charge in [0.05, 0.1) is 17.2 Å². The van der Waals surface area contributed by atoms with Crippen molar-refractivity contribution in [1.29, 1.82) is 5.26 Å². The van der Waals surface area contributed by atoms with Crippen LogP contribution in [0.25, 0.3) is 33.2 Å². The number of aryl methyl sites for hydroxylation is 3. The molecule has 0 saturated heterocycles. The second kappa shape index (κ2) is 5.21. The Kier molecular flexibility index (Phi) is 3.14. The maximum atomic E-state index is 9.33. The molecule has 0 radical (unpaired) electrons. The van der Waals surface area contributed by atoms with Gasteiger partial charge in [0.25, 0.3) is 0 Å². The van der Waals surface area contributed by atoms with Crippen LogP contribution >= 0.6 is 0 Å². The highest BCUT2D eigenvalue weighted by molar-refractivity contribution is 6.13. The Morgan fingerprint density at radius 1 is 1.04 bits per heavy atom. The lowest BCUT2D eigenvalue weighted by Gasteiger charge is -2.06. The van der Waals surface area contributed by atoms with Crippen LogP contribution in [0.5, 0.6) is 0 Å². The van der Waals surface area contributed by atoms with Crippen LogP contribution in [0.2, 0.25) is 0 Å². The number of furan rings is 1. The smallest absolute Gasteiger partial charge is 0.213 e. The van der Waals surface area contributed by atoms with E-state index in [1.54, 1.807) is 0 Å². The third kappa shape index (κ3) is 2.00. The molecule has 4 aromatic rings. The molecule has 2 aromatic heterocycles. The monoisotopic (exact) mass is 313 g/mol. The Labute approximate surface area is 140 Å². The molecule has 4 rings (SSSR count). The molecule has 0 spiro atoms. The van der Waals surface area contributed by atoms with Gasteiger partial charge in [0.1, 0.15) is 18.2 Å². The van der Waals surface area contributed by atoms with Gasteiger partial charge in [0.15, 0.2) is 6.20 Å². The molecule has 3 nitrogen and oxygen atoms in total. The van der Waals surface area contributed by atoms with Crippen molar-refractivity contribution in [1.82, 2.24) is 0 Å². The van der Waals surface area contributed by atoms with Gasteiger partial charge in [-0.3, -0.25) is 0 Å². The number of aromatic nitrogens is 1. The summed E-state index contributed by atoms with van der Waals surface area (Å²) in [6.07, 6.45) is 2.04. The molecule has 0 aliphatic rings. The fraction of sp³-hybridized carbons (Fsp3) is 0.143. The minimum absolute atomic E-state index is 0.660. The SMILES string of the molecule is Cc1ccc2oc3c(C)cc(C#N)cc3c2c1-c1cccc[n+]1C. The number of rotatable bonds is 1. The fourth-order valence-corrected chi connectivity index (χ4v) is 3.42. The lowest BCUT2D eigenvalue weighted by Crippen LogP contribution is -2.30. The number of fused-ring (bicyclic) bond motifs is 3. The van der Waals surface area contributed by atoms with Gasteiger partial charge in [-0.15, -0.1) is 0 Å². The summed E-state index contributed by atoms with van der Waals surface area (Å²) < 4.78 is 8.23. The summed E-state index contributed by atoms with van der Waals surface area (Å²) in [5, 5.41) is 11.4. The largest absolute Gasteiger partial charge is 0.456 e. The van der Waals surface area contributed by atoms with Gasteiger partial charge in [-0.05, 0) is 49.2 Å². The Bertz CT molecular complexity index is 1150. The number of hydrogen-bond acceptors (Lipinski definition) is 2. The summed E-state index contributed by atoms with van der Waals surface area (Å²) in [5.74, 6) is 0. The molecule has 0 fully saturated rings. The Morgan fingerprint density at radius 3 is 2.62 bits per heavy atom. The predicted octanol–water partition coefficient (Wildman–Crippen LogP) is 4.57. The van der Waals surface area contributed by atoms with E-state index in [-0.39, 0.29) is 0 Å². The van der Waals surface area contributed by atoms with Gasteiger partial charge in [-0.2, -0.15) is 5.26 Å². The zero-order valence-corrected chi connectivity index (χ0v) is 13.9. The highest BCUT2D eigenvalue weighted by Crippen LogP contribution is 2.39. The molecule has 0 amide bonds.